The minimum atomic E-state index is 0.615. The molecule has 320 valence electrons. The zero-order valence-corrected chi connectivity index (χ0v) is 38.2. The summed E-state index contributed by atoms with van der Waals surface area (Å²) in [6, 6.07) is 0.615. The van der Waals surface area contributed by atoms with E-state index in [0.717, 1.165) is 0 Å². The Balaban J connectivity index is 2.33. The van der Waals surface area contributed by atoms with Crippen LogP contribution in [-0.2, 0) is 0 Å². The molecule has 2 unspecified atom stereocenters. The van der Waals surface area contributed by atoms with Crippen LogP contribution >= 0.6 is 0 Å². The molecule has 1 heterocycles. The van der Waals surface area contributed by atoms with E-state index in [-0.39, 0.29) is 0 Å². The van der Waals surface area contributed by atoms with E-state index in [2.05, 4.69) is 49.6 Å². The Kier molecular flexibility index (Phi) is 39.7. The summed E-state index contributed by atoms with van der Waals surface area (Å²) >= 11 is 0. The molecular formula is C52H103N2+. The monoisotopic (exact) mass is 756 g/mol. The van der Waals surface area contributed by atoms with E-state index in [0.29, 0.717) is 12.0 Å². The van der Waals surface area contributed by atoms with E-state index in [1.54, 1.807) is 5.82 Å². The Morgan fingerprint density at radius 2 is 0.593 bits per heavy atom. The molecule has 0 spiro atoms. The number of rotatable bonds is 45. The topological polar surface area (TPSA) is 19.7 Å². The Bertz CT molecular complexity index is 828. The number of imidazole rings is 1. The van der Waals surface area contributed by atoms with E-state index in [4.69, 9.17) is 0 Å². The van der Waals surface area contributed by atoms with Crippen molar-refractivity contribution in [3.05, 3.63) is 18.2 Å². The SMILES string of the molecule is CCCCCCCCCCCCCCCCCC(CCCCCCCCCCCC)c1[nH]cc[n+]1C(C)CCCCCCCCCCCCCCCCC. The molecule has 0 aliphatic carbocycles. The summed E-state index contributed by atoms with van der Waals surface area (Å²) in [5, 5.41) is 0. The molecule has 0 aromatic carbocycles. The quantitative estimate of drug-likeness (QED) is 0.0505. The van der Waals surface area contributed by atoms with Crippen LogP contribution in [0.1, 0.15) is 322 Å². The number of aromatic nitrogens is 2. The summed E-state index contributed by atoms with van der Waals surface area (Å²) in [6.07, 6.45) is 66.6. The minimum Gasteiger partial charge on any atom is -0.247 e. The number of aromatic amines is 1. The third-order valence-electron chi connectivity index (χ3n) is 12.9. The number of hydrogen-bond donors (Lipinski definition) is 1. The van der Waals surface area contributed by atoms with Gasteiger partial charge in [0, 0.05) is 0 Å². The van der Waals surface area contributed by atoms with Crippen molar-refractivity contribution < 1.29 is 4.57 Å². The Morgan fingerprint density at radius 1 is 0.352 bits per heavy atom. The normalized spacial score (nSPS) is 12.9. The predicted octanol–water partition coefficient (Wildman–Crippen LogP) is 18.8. The number of H-pyrrole nitrogens is 1. The molecular weight excluding hydrogens is 653 g/mol. The first kappa shape index (κ1) is 51.2. The van der Waals surface area contributed by atoms with E-state index in [1.165, 1.54) is 276 Å². The molecule has 2 nitrogen and oxygen atoms in total. The zero-order valence-electron chi connectivity index (χ0n) is 38.2. The van der Waals surface area contributed by atoms with E-state index in [9.17, 15) is 0 Å². The lowest BCUT2D eigenvalue weighted by atomic mass is 9.92. The maximum absolute atomic E-state index is 3.79. The van der Waals surface area contributed by atoms with Crippen molar-refractivity contribution in [3.63, 3.8) is 0 Å². The van der Waals surface area contributed by atoms with Crippen molar-refractivity contribution in [1.29, 1.82) is 0 Å². The molecule has 2 atom stereocenters. The molecule has 1 aromatic heterocycles. The number of hydrogen-bond acceptors (Lipinski definition) is 0. The van der Waals surface area contributed by atoms with Gasteiger partial charge in [0.05, 0.1) is 12.0 Å². The lowest BCUT2D eigenvalue weighted by Crippen LogP contribution is -2.41. The Hall–Kier alpha value is -0.790. The highest BCUT2D eigenvalue weighted by atomic mass is 15.1. The largest absolute Gasteiger partial charge is 0.257 e. The van der Waals surface area contributed by atoms with Crippen molar-refractivity contribution >= 4 is 0 Å². The van der Waals surface area contributed by atoms with Crippen LogP contribution < -0.4 is 4.57 Å². The van der Waals surface area contributed by atoms with Gasteiger partial charge in [-0.05, 0) is 32.6 Å². The zero-order chi connectivity index (χ0) is 38.8. The second kappa shape index (κ2) is 41.8. The molecule has 0 aliphatic rings. The van der Waals surface area contributed by atoms with Crippen LogP contribution in [0.15, 0.2) is 12.4 Å². The number of nitrogens with zero attached hydrogens (tertiary/aromatic N) is 1. The summed E-state index contributed by atoms with van der Waals surface area (Å²) in [5.41, 5.74) is 0. The minimum absolute atomic E-state index is 0.615. The lowest BCUT2D eigenvalue weighted by molar-refractivity contribution is -0.727. The Morgan fingerprint density at radius 3 is 0.870 bits per heavy atom. The first-order chi connectivity index (χ1) is 26.7. The van der Waals surface area contributed by atoms with Crippen LogP contribution in [0.25, 0.3) is 0 Å². The first-order valence-electron chi connectivity index (χ1n) is 25.8. The second-order valence-corrected chi connectivity index (χ2v) is 18.2. The molecule has 2 heteroatoms. The molecule has 0 saturated heterocycles. The van der Waals surface area contributed by atoms with Crippen molar-refractivity contribution in [2.24, 2.45) is 0 Å². The van der Waals surface area contributed by atoms with Gasteiger partial charge in [-0.2, -0.15) is 0 Å². The smallest absolute Gasteiger partial charge is 0.247 e. The highest BCUT2D eigenvalue weighted by molar-refractivity contribution is 4.90. The molecule has 0 aliphatic heterocycles. The van der Waals surface area contributed by atoms with E-state index < -0.39 is 0 Å². The van der Waals surface area contributed by atoms with Crippen LogP contribution in [0, 0.1) is 0 Å². The van der Waals surface area contributed by atoms with Gasteiger partial charge in [0.2, 0.25) is 0 Å². The van der Waals surface area contributed by atoms with Crippen molar-refractivity contribution in [2.45, 2.75) is 316 Å². The molecule has 1 aromatic rings. The van der Waals surface area contributed by atoms with Crippen molar-refractivity contribution in [3.8, 4) is 0 Å². The third kappa shape index (κ3) is 32.3. The molecule has 1 N–H and O–H groups in total. The van der Waals surface area contributed by atoms with Gasteiger partial charge in [0.15, 0.2) is 0 Å². The summed E-state index contributed by atoms with van der Waals surface area (Å²) in [5.74, 6) is 2.25. The van der Waals surface area contributed by atoms with E-state index in [1.807, 2.05) is 0 Å². The number of nitrogens with one attached hydrogen (secondary N) is 1. The molecule has 0 radical (unpaired) electrons. The van der Waals surface area contributed by atoms with Gasteiger partial charge in [-0.25, -0.2) is 9.55 Å². The first-order valence-corrected chi connectivity index (χ1v) is 25.8. The van der Waals surface area contributed by atoms with Gasteiger partial charge in [-0.3, -0.25) is 0 Å². The van der Waals surface area contributed by atoms with Crippen molar-refractivity contribution in [1.82, 2.24) is 4.98 Å². The fourth-order valence-corrected chi connectivity index (χ4v) is 9.08. The van der Waals surface area contributed by atoms with Crippen molar-refractivity contribution in [2.75, 3.05) is 0 Å². The fraction of sp³-hybridized carbons (Fsp3) is 0.942. The standard InChI is InChI=1S/C52H102N2/c1-5-8-11-14-17-20-23-25-27-29-31-33-36-39-42-45-50(4)54-49-48-53-52(54)51(46-43-40-37-34-22-19-16-13-10-7-3)47-44-41-38-35-32-30-28-26-24-21-18-15-12-9-6-2/h48-51H,5-47H2,1-4H3/p+1. The average Bonchev–Trinajstić information content (AvgIpc) is 3.68. The maximum Gasteiger partial charge on any atom is 0.257 e. The fourth-order valence-electron chi connectivity index (χ4n) is 9.08. The third-order valence-corrected chi connectivity index (χ3v) is 12.9. The van der Waals surface area contributed by atoms with Gasteiger partial charge >= 0.3 is 0 Å². The summed E-state index contributed by atoms with van der Waals surface area (Å²) < 4.78 is 2.66. The maximum atomic E-state index is 3.79. The van der Waals surface area contributed by atoms with Gasteiger partial charge in [-0.15, -0.1) is 0 Å². The molecule has 0 fully saturated rings. The molecule has 0 saturated carbocycles. The molecule has 0 bridgehead atoms. The van der Waals surface area contributed by atoms with E-state index >= 15 is 0 Å². The second-order valence-electron chi connectivity index (χ2n) is 18.2. The van der Waals surface area contributed by atoms with Gasteiger partial charge < -0.3 is 0 Å². The van der Waals surface area contributed by atoms with Crippen LogP contribution in [0.2, 0.25) is 0 Å². The Labute approximate surface area is 342 Å². The van der Waals surface area contributed by atoms with Crippen LogP contribution in [-0.4, -0.2) is 4.98 Å². The van der Waals surface area contributed by atoms with Crippen LogP contribution in [0.3, 0.4) is 0 Å². The molecule has 54 heavy (non-hydrogen) atoms. The summed E-state index contributed by atoms with van der Waals surface area (Å²) in [4.78, 5) is 3.79. The summed E-state index contributed by atoms with van der Waals surface area (Å²) in [6.45, 7) is 9.45. The van der Waals surface area contributed by atoms with Crippen LogP contribution in [0.5, 0.6) is 0 Å². The van der Waals surface area contributed by atoms with Gasteiger partial charge in [0.25, 0.3) is 5.82 Å². The predicted molar refractivity (Wildman–Crippen MR) is 244 cm³/mol. The van der Waals surface area contributed by atoms with Gasteiger partial charge in [0.1, 0.15) is 12.4 Å². The summed E-state index contributed by atoms with van der Waals surface area (Å²) in [7, 11) is 0. The highest BCUT2D eigenvalue weighted by Crippen LogP contribution is 2.28. The highest BCUT2D eigenvalue weighted by Gasteiger charge is 2.25. The molecule has 0 amide bonds. The van der Waals surface area contributed by atoms with Crippen LogP contribution in [0.4, 0.5) is 0 Å². The molecule has 1 rings (SSSR count). The average molecular weight is 756 g/mol. The lowest BCUT2D eigenvalue weighted by Gasteiger charge is -2.17. The number of unbranched alkanes of at least 4 members (excludes halogenated alkanes) is 37. The van der Waals surface area contributed by atoms with Gasteiger partial charge in [-0.1, -0.05) is 271 Å².